The summed E-state index contributed by atoms with van der Waals surface area (Å²) < 4.78 is 44.8. The standard InChI is InChI=1S/C18H12F3NO3/c1-24-17(23)14-4-2-12(3-5-14)10-15(11-22)13-6-8-16(9-7-13)25-18(19,20)21/h2-10H,1H3. The molecule has 7 heteroatoms. The van der Waals surface area contributed by atoms with E-state index in [9.17, 15) is 23.2 Å². The lowest BCUT2D eigenvalue weighted by Crippen LogP contribution is -2.16. The van der Waals surface area contributed by atoms with Crippen LogP contribution in [-0.2, 0) is 4.74 Å². The van der Waals surface area contributed by atoms with Crippen LogP contribution in [0.1, 0.15) is 21.5 Å². The Balaban J connectivity index is 2.23. The van der Waals surface area contributed by atoms with E-state index >= 15 is 0 Å². The zero-order valence-electron chi connectivity index (χ0n) is 13.0. The molecule has 0 aliphatic heterocycles. The van der Waals surface area contributed by atoms with Crippen molar-refractivity contribution >= 4 is 17.6 Å². The fraction of sp³-hybridized carbons (Fsp3) is 0.111. The average molecular weight is 347 g/mol. The van der Waals surface area contributed by atoms with Crippen LogP contribution in [0.3, 0.4) is 0 Å². The van der Waals surface area contributed by atoms with Crippen molar-refractivity contribution in [2.75, 3.05) is 7.11 Å². The molecule has 0 aliphatic carbocycles. The monoisotopic (exact) mass is 347 g/mol. The highest BCUT2D eigenvalue weighted by atomic mass is 19.4. The third-order valence-corrected chi connectivity index (χ3v) is 3.16. The number of nitriles is 1. The van der Waals surface area contributed by atoms with Crippen LogP contribution in [0.15, 0.2) is 48.5 Å². The van der Waals surface area contributed by atoms with Crippen molar-refractivity contribution in [1.82, 2.24) is 0 Å². The SMILES string of the molecule is COC(=O)c1ccc(C=C(C#N)c2ccc(OC(F)(F)F)cc2)cc1. The van der Waals surface area contributed by atoms with Gasteiger partial charge in [-0.05, 0) is 53.6 Å². The second-order valence-electron chi connectivity index (χ2n) is 4.86. The molecule has 0 unspecified atom stereocenters. The maximum Gasteiger partial charge on any atom is 0.573 e. The minimum absolute atomic E-state index is 0.254. The van der Waals surface area contributed by atoms with Gasteiger partial charge in [-0.25, -0.2) is 4.79 Å². The smallest absolute Gasteiger partial charge is 0.465 e. The Bertz CT molecular complexity index is 817. The molecule has 0 radical (unpaired) electrons. The molecule has 0 fully saturated rings. The van der Waals surface area contributed by atoms with Crippen molar-refractivity contribution in [3.63, 3.8) is 0 Å². The molecule has 2 aromatic rings. The van der Waals surface area contributed by atoms with E-state index in [2.05, 4.69) is 9.47 Å². The number of carbonyl (C=O) groups excluding carboxylic acids is 1. The first-order valence-corrected chi connectivity index (χ1v) is 6.99. The number of methoxy groups -OCH3 is 1. The van der Waals surface area contributed by atoms with Crippen molar-refractivity contribution < 1.29 is 27.4 Å². The number of rotatable bonds is 4. The zero-order chi connectivity index (χ0) is 18.4. The van der Waals surface area contributed by atoms with Gasteiger partial charge in [0.2, 0.25) is 0 Å². The van der Waals surface area contributed by atoms with Gasteiger partial charge in [0.25, 0.3) is 0 Å². The first-order chi connectivity index (χ1) is 11.8. The van der Waals surface area contributed by atoms with Crippen LogP contribution in [0, 0.1) is 11.3 Å². The van der Waals surface area contributed by atoms with Gasteiger partial charge in [0.1, 0.15) is 5.75 Å². The van der Waals surface area contributed by atoms with Gasteiger partial charge in [-0.1, -0.05) is 12.1 Å². The number of hydrogen-bond acceptors (Lipinski definition) is 4. The molecule has 0 N–H and O–H groups in total. The number of carbonyl (C=O) groups is 1. The van der Waals surface area contributed by atoms with Crippen molar-refractivity contribution in [1.29, 1.82) is 5.26 Å². The summed E-state index contributed by atoms with van der Waals surface area (Å²) in [7, 11) is 1.27. The van der Waals surface area contributed by atoms with E-state index in [1.165, 1.54) is 19.2 Å². The maximum absolute atomic E-state index is 12.2. The molecular formula is C18H12F3NO3. The summed E-state index contributed by atoms with van der Waals surface area (Å²) in [6, 6.07) is 13.3. The van der Waals surface area contributed by atoms with E-state index < -0.39 is 12.3 Å². The number of allylic oxidation sites excluding steroid dienone is 1. The van der Waals surface area contributed by atoms with Crippen molar-refractivity contribution in [2.45, 2.75) is 6.36 Å². The van der Waals surface area contributed by atoms with Crippen LogP contribution >= 0.6 is 0 Å². The highest BCUT2D eigenvalue weighted by Gasteiger charge is 2.30. The normalized spacial score (nSPS) is 11.6. The molecule has 128 valence electrons. The summed E-state index contributed by atoms with van der Waals surface area (Å²) in [5.74, 6) is -0.840. The van der Waals surface area contributed by atoms with Gasteiger partial charge in [-0.15, -0.1) is 13.2 Å². The van der Waals surface area contributed by atoms with E-state index in [1.54, 1.807) is 30.3 Å². The molecule has 0 heterocycles. The summed E-state index contributed by atoms with van der Waals surface area (Å²) in [5, 5.41) is 9.27. The van der Waals surface area contributed by atoms with E-state index in [0.717, 1.165) is 12.1 Å². The van der Waals surface area contributed by atoms with Gasteiger partial charge < -0.3 is 9.47 Å². The summed E-state index contributed by atoms with van der Waals surface area (Å²) in [6.45, 7) is 0. The van der Waals surface area contributed by atoms with Crippen LogP contribution in [0.4, 0.5) is 13.2 Å². The largest absolute Gasteiger partial charge is 0.573 e. The molecule has 0 bridgehead atoms. The Morgan fingerprint density at radius 1 is 1.04 bits per heavy atom. The summed E-state index contributed by atoms with van der Waals surface area (Å²) in [5.41, 5.74) is 1.71. The molecule has 4 nitrogen and oxygen atoms in total. The number of esters is 1. The molecule has 0 amide bonds. The highest BCUT2D eigenvalue weighted by molar-refractivity contribution is 5.92. The fourth-order valence-electron chi connectivity index (χ4n) is 2.02. The van der Waals surface area contributed by atoms with Crippen LogP contribution in [0.2, 0.25) is 0 Å². The van der Waals surface area contributed by atoms with Crippen LogP contribution in [0.5, 0.6) is 5.75 Å². The van der Waals surface area contributed by atoms with Crippen molar-refractivity contribution in [3.8, 4) is 11.8 Å². The lowest BCUT2D eigenvalue weighted by molar-refractivity contribution is -0.274. The number of hydrogen-bond donors (Lipinski definition) is 0. The van der Waals surface area contributed by atoms with E-state index in [0.29, 0.717) is 16.7 Å². The summed E-state index contributed by atoms with van der Waals surface area (Å²) in [6.07, 6.45) is -3.21. The minimum atomic E-state index is -4.77. The van der Waals surface area contributed by atoms with Gasteiger partial charge >= 0.3 is 12.3 Å². The first kappa shape index (κ1) is 18.1. The van der Waals surface area contributed by atoms with Crippen LogP contribution < -0.4 is 4.74 Å². The molecule has 2 rings (SSSR count). The number of alkyl halides is 3. The molecule has 0 spiro atoms. The predicted molar refractivity (Wildman–Crippen MR) is 84.4 cm³/mol. The Hall–Kier alpha value is -3.27. The second kappa shape index (κ2) is 7.53. The molecule has 2 aromatic carbocycles. The lowest BCUT2D eigenvalue weighted by atomic mass is 10.0. The van der Waals surface area contributed by atoms with Gasteiger partial charge in [0.05, 0.1) is 24.3 Å². The Labute approximate surface area is 141 Å². The predicted octanol–water partition coefficient (Wildman–Crippen LogP) is 4.44. The number of benzene rings is 2. The summed E-state index contributed by atoms with van der Waals surface area (Å²) >= 11 is 0. The van der Waals surface area contributed by atoms with Crippen molar-refractivity contribution in [2.24, 2.45) is 0 Å². The molecule has 0 aliphatic rings. The third kappa shape index (κ3) is 5.11. The lowest BCUT2D eigenvalue weighted by Gasteiger charge is -2.09. The maximum atomic E-state index is 12.2. The van der Waals surface area contributed by atoms with Crippen molar-refractivity contribution in [3.05, 3.63) is 65.2 Å². The van der Waals surface area contributed by atoms with Gasteiger partial charge in [0, 0.05) is 0 Å². The topological polar surface area (TPSA) is 59.3 Å². The number of nitrogens with zero attached hydrogens (tertiary/aromatic N) is 1. The van der Waals surface area contributed by atoms with Crippen LogP contribution in [-0.4, -0.2) is 19.4 Å². The van der Waals surface area contributed by atoms with E-state index in [-0.39, 0.29) is 11.3 Å². The molecule has 25 heavy (non-hydrogen) atoms. The quantitative estimate of drug-likeness (QED) is 0.466. The highest BCUT2D eigenvalue weighted by Crippen LogP contribution is 2.25. The second-order valence-corrected chi connectivity index (χ2v) is 4.86. The Kier molecular flexibility index (Phi) is 5.45. The number of ether oxygens (including phenoxy) is 2. The molecule has 0 saturated carbocycles. The van der Waals surface area contributed by atoms with Crippen LogP contribution in [0.25, 0.3) is 11.6 Å². The molecule has 0 saturated heterocycles. The molecule has 0 atom stereocenters. The Morgan fingerprint density at radius 3 is 2.08 bits per heavy atom. The summed E-state index contributed by atoms with van der Waals surface area (Å²) in [4.78, 5) is 11.4. The zero-order valence-corrected chi connectivity index (χ0v) is 13.0. The average Bonchev–Trinajstić information content (AvgIpc) is 2.59. The fourth-order valence-corrected chi connectivity index (χ4v) is 2.02. The van der Waals surface area contributed by atoms with Gasteiger partial charge in [-0.3, -0.25) is 0 Å². The Morgan fingerprint density at radius 2 is 1.60 bits per heavy atom. The number of halogens is 3. The van der Waals surface area contributed by atoms with E-state index in [4.69, 9.17) is 0 Å². The third-order valence-electron chi connectivity index (χ3n) is 3.16. The van der Waals surface area contributed by atoms with Gasteiger partial charge in [-0.2, -0.15) is 5.26 Å². The molecule has 0 aromatic heterocycles. The van der Waals surface area contributed by atoms with E-state index in [1.807, 2.05) is 6.07 Å². The van der Waals surface area contributed by atoms with Gasteiger partial charge in [0.15, 0.2) is 0 Å². The minimum Gasteiger partial charge on any atom is -0.465 e. The first-order valence-electron chi connectivity index (χ1n) is 6.99. The molecular weight excluding hydrogens is 335 g/mol.